The minimum absolute atomic E-state index is 0.283. The maximum Gasteiger partial charge on any atom is 0.205 e. The first kappa shape index (κ1) is 14.8. The van der Waals surface area contributed by atoms with Gasteiger partial charge in [0.15, 0.2) is 0 Å². The lowest BCUT2D eigenvalue weighted by atomic mass is 10.2. The molecule has 3 nitrogen and oxygen atoms in total. The Balaban J connectivity index is 2.37. The molecule has 2 aromatic carbocycles. The second kappa shape index (κ2) is 5.25. The number of benzene rings is 2. The number of nitrogens with two attached hydrogens (primary N) is 1. The Hall–Kier alpha value is -1.13. The number of hydrogen-bond donors (Lipinski definition) is 1. The summed E-state index contributed by atoms with van der Waals surface area (Å²) in [6.45, 7) is 1.88. The maximum atomic E-state index is 6.31. The second-order valence-electron chi connectivity index (χ2n) is 4.61. The Morgan fingerprint density at radius 1 is 0.905 bits per heavy atom. The number of fused-ring (bicyclic) bond motifs is 1. The van der Waals surface area contributed by atoms with Crippen molar-refractivity contribution in [1.29, 1.82) is 0 Å². The molecule has 0 aliphatic rings. The predicted molar refractivity (Wildman–Crippen MR) is 90.3 cm³/mol. The van der Waals surface area contributed by atoms with Crippen LogP contribution in [0.4, 0.5) is 5.95 Å². The van der Waals surface area contributed by atoms with Crippen LogP contribution in [0.25, 0.3) is 16.7 Å². The van der Waals surface area contributed by atoms with E-state index in [0.717, 1.165) is 5.56 Å². The minimum Gasteiger partial charge on any atom is -0.369 e. The van der Waals surface area contributed by atoms with Crippen LogP contribution in [-0.2, 0) is 0 Å². The first-order valence-electron chi connectivity index (χ1n) is 5.97. The molecule has 2 N–H and O–H groups in total. The van der Waals surface area contributed by atoms with Gasteiger partial charge < -0.3 is 5.73 Å². The van der Waals surface area contributed by atoms with Crippen LogP contribution < -0.4 is 5.73 Å². The minimum atomic E-state index is 0.283. The van der Waals surface area contributed by atoms with Crippen LogP contribution >= 0.6 is 46.4 Å². The molecule has 108 valence electrons. The summed E-state index contributed by atoms with van der Waals surface area (Å²) in [6.07, 6.45) is 0. The van der Waals surface area contributed by atoms with Gasteiger partial charge in [-0.05, 0) is 36.8 Å². The van der Waals surface area contributed by atoms with E-state index in [0.29, 0.717) is 36.8 Å². The van der Waals surface area contributed by atoms with E-state index in [1.165, 1.54) is 0 Å². The summed E-state index contributed by atoms with van der Waals surface area (Å²) in [5, 5.41) is 1.95. The molecular weight excluding hydrogens is 352 g/mol. The highest BCUT2D eigenvalue weighted by molar-refractivity contribution is 6.42. The Bertz CT molecular complexity index is 871. The zero-order chi connectivity index (χ0) is 15.3. The average molecular weight is 361 g/mol. The van der Waals surface area contributed by atoms with Crippen molar-refractivity contribution in [1.82, 2.24) is 9.55 Å². The normalized spacial score (nSPS) is 11.3. The van der Waals surface area contributed by atoms with Crippen LogP contribution in [0.2, 0.25) is 20.1 Å². The van der Waals surface area contributed by atoms with Gasteiger partial charge in [0.2, 0.25) is 5.95 Å². The van der Waals surface area contributed by atoms with Gasteiger partial charge >= 0.3 is 0 Å². The topological polar surface area (TPSA) is 43.8 Å². The molecule has 1 aromatic heterocycles. The van der Waals surface area contributed by atoms with Crippen LogP contribution in [0.3, 0.4) is 0 Å². The third kappa shape index (κ3) is 2.44. The smallest absolute Gasteiger partial charge is 0.205 e. The van der Waals surface area contributed by atoms with Crippen LogP contribution in [0.1, 0.15) is 5.56 Å². The molecule has 0 fully saturated rings. The summed E-state index contributed by atoms with van der Waals surface area (Å²) in [5.41, 5.74) is 8.88. The second-order valence-corrected chi connectivity index (χ2v) is 6.24. The van der Waals surface area contributed by atoms with Gasteiger partial charge in [-0.1, -0.05) is 46.4 Å². The van der Waals surface area contributed by atoms with Gasteiger partial charge in [-0.25, -0.2) is 4.98 Å². The van der Waals surface area contributed by atoms with E-state index in [2.05, 4.69) is 4.98 Å². The number of anilines is 1. The Morgan fingerprint density at radius 2 is 1.57 bits per heavy atom. The molecule has 0 aliphatic heterocycles. The number of aryl methyl sites for hydroxylation is 1. The van der Waals surface area contributed by atoms with Crippen LogP contribution in [0.5, 0.6) is 0 Å². The van der Waals surface area contributed by atoms with E-state index in [-0.39, 0.29) is 5.95 Å². The summed E-state index contributed by atoms with van der Waals surface area (Å²) in [4.78, 5) is 4.28. The monoisotopic (exact) mass is 359 g/mol. The fourth-order valence-electron chi connectivity index (χ4n) is 2.15. The van der Waals surface area contributed by atoms with E-state index < -0.39 is 0 Å². The van der Waals surface area contributed by atoms with E-state index in [1.807, 2.05) is 6.92 Å². The van der Waals surface area contributed by atoms with Crippen molar-refractivity contribution in [3.63, 3.8) is 0 Å². The molecule has 3 rings (SSSR count). The summed E-state index contributed by atoms with van der Waals surface area (Å²) in [5.74, 6) is 0.283. The molecule has 3 aromatic rings. The van der Waals surface area contributed by atoms with Gasteiger partial charge in [-0.15, -0.1) is 0 Å². The molecule has 0 saturated heterocycles. The largest absolute Gasteiger partial charge is 0.369 e. The molecule has 0 atom stereocenters. The van der Waals surface area contributed by atoms with Gasteiger partial charge in [0.1, 0.15) is 0 Å². The van der Waals surface area contributed by atoms with E-state index in [1.54, 1.807) is 28.8 Å². The summed E-state index contributed by atoms with van der Waals surface area (Å²) < 4.78 is 1.70. The van der Waals surface area contributed by atoms with Crippen LogP contribution in [-0.4, -0.2) is 9.55 Å². The first-order chi connectivity index (χ1) is 9.88. The van der Waals surface area contributed by atoms with Crippen molar-refractivity contribution < 1.29 is 0 Å². The highest BCUT2D eigenvalue weighted by atomic mass is 35.5. The number of nitrogens with zero attached hydrogens (tertiary/aromatic N) is 2. The van der Waals surface area contributed by atoms with Gasteiger partial charge in [-0.2, -0.15) is 0 Å². The molecule has 21 heavy (non-hydrogen) atoms. The highest BCUT2D eigenvalue weighted by Crippen LogP contribution is 2.34. The van der Waals surface area contributed by atoms with Gasteiger partial charge in [-0.3, -0.25) is 4.57 Å². The van der Waals surface area contributed by atoms with E-state index in [9.17, 15) is 0 Å². The van der Waals surface area contributed by atoms with Gasteiger partial charge in [0, 0.05) is 5.02 Å². The molecular formula is C14H9Cl4N3. The molecule has 7 heteroatoms. The van der Waals surface area contributed by atoms with Crippen molar-refractivity contribution in [3.8, 4) is 5.69 Å². The van der Waals surface area contributed by atoms with Crippen molar-refractivity contribution in [2.75, 3.05) is 5.73 Å². The summed E-state index contributed by atoms with van der Waals surface area (Å²) in [6, 6.07) is 6.89. The molecule has 0 saturated carbocycles. The molecule has 1 heterocycles. The van der Waals surface area contributed by atoms with Crippen molar-refractivity contribution in [3.05, 3.63) is 49.9 Å². The van der Waals surface area contributed by atoms with Crippen LogP contribution in [0, 0.1) is 6.92 Å². The highest BCUT2D eigenvalue weighted by Gasteiger charge is 2.16. The molecule has 0 unspecified atom stereocenters. The molecule has 0 amide bonds. The Morgan fingerprint density at radius 3 is 2.29 bits per heavy atom. The number of nitrogen functional groups attached to an aromatic ring is 1. The first-order valence-corrected chi connectivity index (χ1v) is 7.48. The van der Waals surface area contributed by atoms with Crippen molar-refractivity contribution in [2.45, 2.75) is 6.92 Å². The number of rotatable bonds is 1. The molecule has 0 radical (unpaired) electrons. The number of hydrogen-bond acceptors (Lipinski definition) is 2. The van der Waals surface area contributed by atoms with E-state index in [4.69, 9.17) is 52.1 Å². The maximum absolute atomic E-state index is 6.31. The van der Waals surface area contributed by atoms with Gasteiger partial charge in [0.05, 0.1) is 31.8 Å². The third-order valence-electron chi connectivity index (χ3n) is 3.19. The Labute approximate surface area is 141 Å². The standard InChI is InChI=1S/C14H9Cl4N3/c1-6-2-10(18)12(4-7(6)15)21-13-5-9(17)8(16)3-11(13)20-14(21)19/h2-5H,1H3,(H2,19,20). The lowest BCUT2D eigenvalue weighted by Crippen LogP contribution is -2.01. The van der Waals surface area contributed by atoms with E-state index >= 15 is 0 Å². The quantitative estimate of drug-likeness (QED) is 0.619. The summed E-state index contributed by atoms with van der Waals surface area (Å²) >= 11 is 24.6. The molecule has 0 spiro atoms. The number of aromatic nitrogens is 2. The zero-order valence-electron chi connectivity index (χ0n) is 10.8. The fourth-order valence-corrected chi connectivity index (χ4v) is 2.93. The molecule has 0 bridgehead atoms. The van der Waals surface area contributed by atoms with Crippen molar-refractivity contribution >= 4 is 63.4 Å². The zero-order valence-corrected chi connectivity index (χ0v) is 13.8. The van der Waals surface area contributed by atoms with Crippen LogP contribution in [0.15, 0.2) is 24.3 Å². The lowest BCUT2D eigenvalue weighted by Gasteiger charge is -2.11. The fraction of sp³-hybridized carbons (Fsp3) is 0.0714. The van der Waals surface area contributed by atoms with Gasteiger partial charge in [0.25, 0.3) is 0 Å². The number of imidazole rings is 1. The van der Waals surface area contributed by atoms with Crippen molar-refractivity contribution in [2.24, 2.45) is 0 Å². The average Bonchev–Trinajstić information content (AvgIpc) is 2.70. The number of halogens is 4. The predicted octanol–water partition coefficient (Wildman–Crippen LogP) is 5.53. The lowest BCUT2D eigenvalue weighted by molar-refractivity contribution is 1.11. The SMILES string of the molecule is Cc1cc(Cl)c(-n2c(N)nc3cc(Cl)c(Cl)cc32)cc1Cl. The summed E-state index contributed by atoms with van der Waals surface area (Å²) in [7, 11) is 0. The third-order valence-corrected chi connectivity index (χ3v) is 4.62. The molecule has 0 aliphatic carbocycles. The Kier molecular flexibility index (Phi) is 3.70.